The molecule has 0 amide bonds. The Morgan fingerprint density at radius 2 is 1.05 bits per heavy atom. The van der Waals surface area contributed by atoms with Crippen molar-refractivity contribution in [2.45, 2.75) is 168 Å². The summed E-state index contributed by atoms with van der Waals surface area (Å²) in [5.74, 6) is -5.64. The van der Waals surface area contributed by atoms with Crippen LogP contribution < -0.4 is 10.9 Å². The van der Waals surface area contributed by atoms with Gasteiger partial charge >= 0.3 is 40.3 Å². The zero-order valence-corrected chi connectivity index (χ0v) is 50.5. The molecule has 6 N–H and O–H groups in total. The van der Waals surface area contributed by atoms with Crippen LogP contribution >= 0.6 is 15.6 Å². The minimum atomic E-state index is -4.95. The van der Waals surface area contributed by atoms with Crippen molar-refractivity contribution in [2.75, 3.05) is 52.3 Å². The second-order valence-electron chi connectivity index (χ2n) is 20.0. The first-order chi connectivity index (χ1) is 40.0. The van der Waals surface area contributed by atoms with Gasteiger partial charge in [0.15, 0.2) is 29.8 Å². The van der Waals surface area contributed by atoms with E-state index in [1.807, 2.05) is 0 Å². The van der Waals surface area contributed by atoms with E-state index in [2.05, 4.69) is 49.2 Å². The summed E-state index contributed by atoms with van der Waals surface area (Å²) >= 11 is 0. The van der Waals surface area contributed by atoms with E-state index in [4.69, 9.17) is 60.3 Å². The van der Waals surface area contributed by atoms with Crippen molar-refractivity contribution in [3.63, 3.8) is 0 Å². The fourth-order valence-electron chi connectivity index (χ4n) is 7.59. The fraction of sp³-hybridized carbons (Fsp3) is 0.717. The molecule has 2 fully saturated rings. The van der Waals surface area contributed by atoms with Crippen LogP contribution in [0, 0.1) is 6.92 Å². The molecule has 0 aromatic carbocycles. The summed E-state index contributed by atoms with van der Waals surface area (Å²) in [5.41, 5.74) is -5.23. The number of carbonyl (C=O) groups excluding carboxylic acids is 4. The summed E-state index contributed by atoms with van der Waals surface area (Å²) in [4.78, 5) is 77.7. The summed E-state index contributed by atoms with van der Waals surface area (Å²) in [7, 11) is -9.88. The van der Waals surface area contributed by atoms with E-state index >= 15 is 8.78 Å². The average Bonchev–Trinajstić information content (AvgIpc) is 1.63. The number of anilines is 1. The van der Waals surface area contributed by atoms with Crippen LogP contribution in [0.3, 0.4) is 0 Å². The highest BCUT2D eigenvalue weighted by atomic mass is 31.2. The van der Waals surface area contributed by atoms with Crippen molar-refractivity contribution in [3.05, 3.63) is 34.5 Å². The summed E-state index contributed by atoms with van der Waals surface area (Å²) in [6, 6.07) is 0. The lowest BCUT2D eigenvalue weighted by Crippen LogP contribution is -2.49. The van der Waals surface area contributed by atoms with Gasteiger partial charge in [-0.25, -0.2) is 75.1 Å². The minimum absolute atomic E-state index is 0.0907. The molecule has 9 atom stereocenters. The van der Waals surface area contributed by atoms with E-state index in [1.54, 1.807) is 41.5 Å². The highest BCUT2D eigenvalue weighted by Crippen LogP contribution is 2.55. The number of rotatable bonds is 26. The number of aliphatic hydroxyl groups is 4. The van der Waals surface area contributed by atoms with Gasteiger partial charge in [-0.05, 0) is 90.0 Å². The standard InChI is InChI=1S/C24H38FN4O14P.C22H32FN4O14P/c1-8-35-18-16-17(27-15(6)28-18)29(10-26-16)20-23(7,33)19(30)24(25,43-20)9-38-44(34,39-11-36-21(31)41-13(2)3)40-12-37-22(32)42-14(4)5;1-11(2)39-19(30)34-9-37-42(33,38-10-35-20(31)40-12(3)4)36-7-22(23)17(29)21(6,32)18(41-22)27-8-24-14-15(27)25-13(5)26-16(14)28/h10,13-14,18-20,30,33H,8-9,11-12H2,1-7H3,(H,27,28);8,11-12,17-18,29,32H,7,9-10H2,1-6H3,(H,25,26,28)/t18?,19-,20+,23+,24+;17-,18+,21+,22+/m00/s1. The number of nitrogens with one attached hydrogen (secondary N) is 2. The molecule has 2 saturated heterocycles. The number of phosphoric ester groups is 2. The molecule has 3 aromatic rings. The van der Waals surface area contributed by atoms with E-state index in [-0.39, 0.29) is 22.8 Å². The number of aliphatic hydroxyl groups excluding tert-OH is 2. The number of hydrogen-bond donors (Lipinski definition) is 6. The summed E-state index contributed by atoms with van der Waals surface area (Å²) in [5, 5.41) is 46.6. The Bertz CT molecular complexity index is 2950. The van der Waals surface area contributed by atoms with Crippen LogP contribution in [0.4, 0.5) is 33.8 Å². The number of amidine groups is 1. The molecule has 86 heavy (non-hydrogen) atoms. The number of carbonyl (C=O) groups is 4. The molecule has 0 bridgehead atoms. The number of aromatic amines is 1. The smallest absolute Gasteiger partial charge is 0.432 e. The Kier molecular flexibility index (Phi) is 24.1. The number of H-pyrrole nitrogens is 1. The molecule has 0 aliphatic carbocycles. The zero-order valence-electron chi connectivity index (χ0n) is 48.7. The maximum absolute atomic E-state index is 16.2. The molecule has 1 unspecified atom stereocenters. The quantitative estimate of drug-likeness (QED) is 0.0260. The Balaban J connectivity index is 0.000000314. The predicted octanol–water partition coefficient (Wildman–Crippen LogP) is 5.20. The van der Waals surface area contributed by atoms with Crippen molar-refractivity contribution in [1.29, 1.82) is 0 Å². The van der Waals surface area contributed by atoms with Crippen LogP contribution in [0.25, 0.3) is 11.2 Å². The summed E-state index contributed by atoms with van der Waals surface area (Å²) in [6.07, 6.45) is -13.5. The molecule has 0 saturated carbocycles. The lowest BCUT2D eigenvalue weighted by molar-refractivity contribution is -0.206. The molecule has 36 nitrogen and oxygen atoms in total. The third kappa shape index (κ3) is 18.2. The number of aromatic nitrogens is 6. The number of nitrogens with zero attached hydrogens (tertiary/aromatic N) is 6. The number of aliphatic imine (C=N–C) groups is 1. The third-order valence-corrected chi connectivity index (χ3v) is 13.9. The molecule has 6 rings (SSSR count). The Morgan fingerprint density at radius 3 is 1.43 bits per heavy atom. The van der Waals surface area contributed by atoms with E-state index in [9.17, 15) is 53.5 Å². The van der Waals surface area contributed by atoms with E-state index < -0.39 is 164 Å². The number of hydrogen-bond acceptors (Lipinski definition) is 33. The molecule has 3 aliphatic heterocycles. The van der Waals surface area contributed by atoms with Gasteiger partial charge in [0.05, 0.1) is 37.1 Å². The van der Waals surface area contributed by atoms with Gasteiger partial charge in [-0.3, -0.25) is 23.0 Å². The van der Waals surface area contributed by atoms with Crippen LogP contribution in [0.1, 0.15) is 113 Å². The first-order valence-corrected chi connectivity index (χ1v) is 28.8. The number of fused-ring (bicyclic) bond motifs is 2. The SMILES string of the molecule is CCOC1N=C(C)Nc2c1ncn2[C@@H]1O[C@](F)(COP(=O)(OCOC(=O)OC(C)C)OCOC(=O)OC(C)C)[C@@H](O)[C@@]1(C)O.Cc1nc2c(ncn2[C@@H]2O[C@](F)(COP(=O)(OCOC(=O)OC(C)C)OCOC(=O)OC(C)C)[C@@H](O)[C@@]2(C)O)c(=O)[nH]1. The van der Waals surface area contributed by atoms with Gasteiger partial charge in [-0.15, -0.1) is 0 Å². The lowest BCUT2D eigenvalue weighted by atomic mass is 9.95. The Hall–Kier alpha value is -6.09. The number of imidazole rings is 2. The molecular formula is C46H70F2N8O28P2. The van der Waals surface area contributed by atoms with Gasteiger partial charge in [-0.1, -0.05) is 0 Å². The van der Waals surface area contributed by atoms with Crippen molar-refractivity contribution in [3.8, 4) is 0 Å². The van der Waals surface area contributed by atoms with Crippen LogP contribution in [-0.4, -0.2) is 186 Å². The number of halogens is 2. The van der Waals surface area contributed by atoms with E-state index in [0.29, 0.717) is 18.1 Å². The highest BCUT2D eigenvalue weighted by Gasteiger charge is 2.65. The Labute approximate surface area is 488 Å². The first-order valence-electron chi connectivity index (χ1n) is 25.9. The number of aryl methyl sites for hydroxylation is 1. The summed E-state index contributed by atoms with van der Waals surface area (Å²) in [6.45, 7) is 12.6. The second kappa shape index (κ2) is 29.3. The van der Waals surface area contributed by atoms with Gasteiger partial charge in [0, 0.05) is 6.61 Å². The van der Waals surface area contributed by atoms with Crippen LogP contribution in [0.15, 0.2) is 22.4 Å². The third-order valence-electron chi connectivity index (χ3n) is 11.3. The molecule has 486 valence electrons. The Morgan fingerprint density at radius 1 is 0.663 bits per heavy atom. The largest absolute Gasteiger partial charge is 0.510 e. The van der Waals surface area contributed by atoms with Crippen molar-refractivity contribution in [2.24, 2.45) is 4.99 Å². The van der Waals surface area contributed by atoms with Gasteiger partial charge in [0.25, 0.3) is 17.3 Å². The topological polar surface area (TPSA) is 446 Å². The maximum Gasteiger partial charge on any atom is 0.510 e. The van der Waals surface area contributed by atoms with Crippen molar-refractivity contribution < 1.29 is 137 Å². The highest BCUT2D eigenvalue weighted by molar-refractivity contribution is 7.48. The molecule has 0 radical (unpaired) electrons. The minimum Gasteiger partial charge on any atom is -0.432 e. The zero-order chi connectivity index (χ0) is 64.3. The van der Waals surface area contributed by atoms with E-state index in [0.717, 1.165) is 24.7 Å². The first kappa shape index (κ1) is 70.7. The fourth-order valence-corrected chi connectivity index (χ4v) is 9.43. The van der Waals surface area contributed by atoms with E-state index in [1.165, 1.54) is 45.5 Å². The van der Waals surface area contributed by atoms with Crippen LogP contribution in [0.2, 0.25) is 0 Å². The normalized spacial score (nSPS) is 25.5. The summed E-state index contributed by atoms with van der Waals surface area (Å²) < 4.78 is 144. The van der Waals surface area contributed by atoms with Gasteiger partial charge in [-0.2, -0.15) is 0 Å². The van der Waals surface area contributed by atoms with Gasteiger partial charge < -0.3 is 82.8 Å². The van der Waals surface area contributed by atoms with Crippen molar-refractivity contribution >= 4 is 63.1 Å². The number of phosphoric acid groups is 2. The monoisotopic (exact) mass is 1280 g/mol. The molecular weight excluding hydrogens is 1210 g/mol. The van der Waals surface area contributed by atoms with Crippen molar-refractivity contribution in [1.82, 2.24) is 29.1 Å². The molecule has 3 aromatic heterocycles. The maximum atomic E-state index is 16.2. The number of ether oxygens (including phenoxy) is 11. The van der Waals surface area contributed by atoms with Crippen LogP contribution in [-0.2, 0) is 88.4 Å². The lowest BCUT2D eigenvalue weighted by Gasteiger charge is -2.29. The molecule has 6 heterocycles. The predicted molar refractivity (Wildman–Crippen MR) is 279 cm³/mol. The molecule has 0 spiro atoms. The van der Waals surface area contributed by atoms with Crippen LogP contribution in [0.5, 0.6) is 0 Å². The van der Waals surface area contributed by atoms with Gasteiger partial charge in [0.2, 0.25) is 27.2 Å². The second-order valence-corrected chi connectivity index (χ2v) is 23.3. The number of alkyl halides is 2. The average molecular weight is 1280 g/mol. The molecule has 3 aliphatic rings. The van der Waals surface area contributed by atoms with Gasteiger partial charge in [0.1, 0.15) is 59.8 Å². The molecule has 40 heteroatoms.